The average Bonchev–Trinajstić information content (AvgIpc) is 3.27. The van der Waals surface area contributed by atoms with E-state index in [0.29, 0.717) is 23.4 Å². The van der Waals surface area contributed by atoms with Gasteiger partial charge in [0.1, 0.15) is 0 Å². The van der Waals surface area contributed by atoms with Gasteiger partial charge in [-0.3, -0.25) is 0 Å². The van der Waals surface area contributed by atoms with Crippen LogP contribution in [0.1, 0.15) is 33.8 Å². The molecule has 1 aliphatic rings. The van der Waals surface area contributed by atoms with E-state index in [0.717, 1.165) is 12.1 Å². The molecule has 3 rings (SSSR count). The van der Waals surface area contributed by atoms with Gasteiger partial charge < -0.3 is 10.4 Å². The lowest BCUT2D eigenvalue weighted by atomic mass is 10.1. The van der Waals surface area contributed by atoms with E-state index in [1.165, 1.54) is 12.0 Å². The fraction of sp³-hybridized carbons (Fsp3) is 0.278. The highest BCUT2D eigenvalue weighted by molar-refractivity contribution is 6.33. The quantitative estimate of drug-likeness (QED) is 0.849. The first-order valence-electron chi connectivity index (χ1n) is 7.42. The number of hydrogen-bond donors (Lipinski definition) is 2. The smallest absolute Gasteiger partial charge is 0.337 e. The lowest BCUT2D eigenvalue weighted by molar-refractivity contribution is 0.0697. The highest BCUT2D eigenvalue weighted by Crippen LogP contribution is 2.46. The second-order valence-electron chi connectivity index (χ2n) is 5.76. The van der Waals surface area contributed by atoms with Crippen molar-refractivity contribution in [1.82, 2.24) is 5.32 Å². The van der Waals surface area contributed by atoms with Gasteiger partial charge in [0, 0.05) is 6.54 Å². The molecule has 0 aliphatic heterocycles. The van der Waals surface area contributed by atoms with Crippen LogP contribution in [0.15, 0.2) is 48.5 Å². The maximum absolute atomic E-state index is 10.9. The summed E-state index contributed by atoms with van der Waals surface area (Å²) in [5.74, 6) is 0.371. The molecule has 3 nitrogen and oxygen atoms in total. The van der Waals surface area contributed by atoms with Crippen molar-refractivity contribution in [1.29, 1.82) is 0 Å². The summed E-state index contributed by atoms with van der Waals surface area (Å²) in [7, 11) is 0. The highest BCUT2D eigenvalue weighted by Gasteiger charge is 2.37. The molecule has 0 spiro atoms. The van der Waals surface area contributed by atoms with Crippen LogP contribution in [0.3, 0.4) is 0 Å². The zero-order valence-corrected chi connectivity index (χ0v) is 12.9. The summed E-state index contributed by atoms with van der Waals surface area (Å²) in [5.41, 5.74) is 2.58. The number of nitrogens with one attached hydrogen (secondary N) is 1. The molecule has 0 heterocycles. The van der Waals surface area contributed by atoms with E-state index in [9.17, 15) is 4.79 Å². The minimum atomic E-state index is -0.992. The summed E-state index contributed by atoms with van der Waals surface area (Å²) in [4.78, 5) is 10.9. The van der Waals surface area contributed by atoms with E-state index in [2.05, 4.69) is 29.6 Å². The molecule has 4 heteroatoms. The maximum Gasteiger partial charge on any atom is 0.337 e. The largest absolute Gasteiger partial charge is 0.478 e. The van der Waals surface area contributed by atoms with E-state index < -0.39 is 5.97 Å². The van der Waals surface area contributed by atoms with E-state index in [4.69, 9.17) is 16.7 Å². The molecule has 0 aromatic heterocycles. The monoisotopic (exact) mass is 315 g/mol. The minimum absolute atomic E-state index is 0.150. The van der Waals surface area contributed by atoms with Gasteiger partial charge in [0.05, 0.1) is 10.6 Å². The Hall–Kier alpha value is -1.84. The molecule has 1 aliphatic carbocycles. The fourth-order valence-corrected chi connectivity index (χ4v) is 3.11. The number of carboxylic acids is 1. The third-order valence-corrected chi connectivity index (χ3v) is 4.46. The number of benzene rings is 2. The van der Waals surface area contributed by atoms with Crippen molar-refractivity contribution in [3.05, 3.63) is 70.2 Å². The van der Waals surface area contributed by atoms with Crippen LogP contribution in [0.2, 0.25) is 5.02 Å². The second kappa shape index (κ2) is 6.51. The van der Waals surface area contributed by atoms with Gasteiger partial charge in [0.25, 0.3) is 0 Å². The SMILES string of the molecule is O=C(O)c1ccc(CNC[C@@H]2C[C@H]2c2ccccc2)cc1Cl. The Kier molecular flexibility index (Phi) is 4.46. The van der Waals surface area contributed by atoms with Crippen LogP contribution in [0.5, 0.6) is 0 Å². The molecule has 2 N–H and O–H groups in total. The summed E-state index contributed by atoms with van der Waals surface area (Å²) in [5, 5.41) is 12.7. The minimum Gasteiger partial charge on any atom is -0.478 e. The Morgan fingerprint density at radius 2 is 2.00 bits per heavy atom. The lowest BCUT2D eigenvalue weighted by Gasteiger charge is -2.07. The van der Waals surface area contributed by atoms with Gasteiger partial charge in [-0.05, 0) is 48.1 Å². The van der Waals surface area contributed by atoms with E-state index in [-0.39, 0.29) is 5.56 Å². The van der Waals surface area contributed by atoms with E-state index in [1.54, 1.807) is 12.1 Å². The van der Waals surface area contributed by atoms with E-state index in [1.807, 2.05) is 12.1 Å². The van der Waals surface area contributed by atoms with Crippen LogP contribution in [-0.4, -0.2) is 17.6 Å². The number of hydrogen-bond acceptors (Lipinski definition) is 2. The van der Waals surface area contributed by atoms with Gasteiger partial charge in [-0.1, -0.05) is 48.0 Å². The van der Waals surface area contributed by atoms with Crippen molar-refractivity contribution >= 4 is 17.6 Å². The standard InChI is InChI=1S/C18H18ClNO2/c19-17-8-12(6-7-15(17)18(21)22)10-20-11-14-9-16(14)13-4-2-1-3-5-13/h1-8,14,16,20H,9-11H2,(H,21,22)/t14-,16-/m0/s1. The molecule has 0 amide bonds. The first-order valence-corrected chi connectivity index (χ1v) is 7.80. The Morgan fingerprint density at radius 3 is 2.68 bits per heavy atom. The predicted octanol–water partition coefficient (Wildman–Crippen LogP) is 3.93. The van der Waals surface area contributed by atoms with Crippen LogP contribution in [-0.2, 0) is 6.54 Å². The maximum atomic E-state index is 10.9. The molecule has 0 radical (unpaired) electrons. The van der Waals surface area contributed by atoms with Crippen LogP contribution < -0.4 is 5.32 Å². The van der Waals surface area contributed by atoms with Gasteiger partial charge in [-0.15, -0.1) is 0 Å². The van der Waals surface area contributed by atoms with Crippen LogP contribution in [0, 0.1) is 5.92 Å². The molecule has 0 unspecified atom stereocenters. The zero-order chi connectivity index (χ0) is 15.5. The number of halogens is 1. The molecular formula is C18H18ClNO2. The molecule has 1 saturated carbocycles. The summed E-state index contributed by atoms with van der Waals surface area (Å²) in [6, 6.07) is 15.7. The normalized spacial score (nSPS) is 19.9. The van der Waals surface area contributed by atoms with Gasteiger partial charge in [0.2, 0.25) is 0 Å². The van der Waals surface area contributed by atoms with Crippen molar-refractivity contribution in [2.75, 3.05) is 6.54 Å². The van der Waals surface area contributed by atoms with Crippen molar-refractivity contribution in [3.63, 3.8) is 0 Å². The topological polar surface area (TPSA) is 49.3 Å². The molecule has 22 heavy (non-hydrogen) atoms. The number of aromatic carboxylic acids is 1. The predicted molar refractivity (Wildman–Crippen MR) is 87.4 cm³/mol. The first kappa shape index (κ1) is 15.1. The van der Waals surface area contributed by atoms with Crippen molar-refractivity contribution in [2.45, 2.75) is 18.9 Å². The first-order chi connectivity index (χ1) is 10.6. The fourth-order valence-electron chi connectivity index (χ4n) is 2.83. The molecule has 0 bridgehead atoms. The summed E-state index contributed by atoms with van der Waals surface area (Å²) >= 11 is 5.97. The van der Waals surface area contributed by atoms with Gasteiger partial charge in [0.15, 0.2) is 0 Å². The molecular weight excluding hydrogens is 298 g/mol. The second-order valence-corrected chi connectivity index (χ2v) is 6.17. The Bertz CT molecular complexity index is 672. The summed E-state index contributed by atoms with van der Waals surface area (Å²) < 4.78 is 0. The van der Waals surface area contributed by atoms with Crippen molar-refractivity contribution in [3.8, 4) is 0 Å². The third kappa shape index (κ3) is 3.49. The Morgan fingerprint density at radius 1 is 1.23 bits per heavy atom. The Labute approximate surface area is 134 Å². The highest BCUT2D eigenvalue weighted by atomic mass is 35.5. The number of carbonyl (C=O) groups is 1. The molecule has 2 aromatic rings. The molecule has 0 saturated heterocycles. The molecule has 2 atom stereocenters. The lowest BCUT2D eigenvalue weighted by Crippen LogP contribution is -2.17. The van der Waals surface area contributed by atoms with Crippen LogP contribution >= 0.6 is 11.6 Å². The molecule has 2 aromatic carbocycles. The molecule has 114 valence electrons. The third-order valence-electron chi connectivity index (χ3n) is 4.15. The van der Waals surface area contributed by atoms with Crippen LogP contribution in [0.25, 0.3) is 0 Å². The number of carboxylic acid groups (broad SMARTS) is 1. The van der Waals surface area contributed by atoms with Crippen molar-refractivity contribution < 1.29 is 9.90 Å². The summed E-state index contributed by atoms with van der Waals surface area (Å²) in [6.07, 6.45) is 1.23. The zero-order valence-electron chi connectivity index (χ0n) is 12.1. The average molecular weight is 316 g/mol. The van der Waals surface area contributed by atoms with Gasteiger partial charge >= 0.3 is 5.97 Å². The van der Waals surface area contributed by atoms with Gasteiger partial charge in [-0.2, -0.15) is 0 Å². The van der Waals surface area contributed by atoms with Crippen LogP contribution in [0.4, 0.5) is 0 Å². The van der Waals surface area contributed by atoms with Gasteiger partial charge in [-0.25, -0.2) is 4.79 Å². The summed E-state index contributed by atoms with van der Waals surface area (Å²) in [6.45, 7) is 1.68. The number of rotatable bonds is 6. The molecule has 1 fully saturated rings. The Balaban J connectivity index is 1.48. The van der Waals surface area contributed by atoms with E-state index >= 15 is 0 Å². The van der Waals surface area contributed by atoms with Crippen molar-refractivity contribution in [2.24, 2.45) is 5.92 Å².